The lowest BCUT2D eigenvalue weighted by Crippen LogP contribution is -2.23. The van der Waals surface area contributed by atoms with Crippen molar-refractivity contribution < 1.29 is 9.32 Å². The molecule has 0 saturated carbocycles. The predicted octanol–water partition coefficient (Wildman–Crippen LogP) is 4.23. The smallest absolute Gasteiger partial charge is 0.316 e. The summed E-state index contributed by atoms with van der Waals surface area (Å²) in [4.78, 5) is 16.6. The predicted molar refractivity (Wildman–Crippen MR) is 112 cm³/mol. The van der Waals surface area contributed by atoms with Gasteiger partial charge in [-0.2, -0.15) is 10.1 Å². The lowest BCUT2D eigenvalue weighted by atomic mass is 10.1. The van der Waals surface area contributed by atoms with Crippen molar-refractivity contribution in [1.82, 2.24) is 25.2 Å². The van der Waals surface area contributed by atoms with Gasteiger partial charge in [0.25, 0.3) is 0 Å². The highest BCUT2D eigenvalue weighted by Crippen LogP contribution is 2.22. The molecule has 0 aliphatic rings. The Morgan fingerprint density at radius 1 is 1.17 bits per heavy atom. The number of rotatable bonds is 5. The summed E-state index contributed by atoms with van der Waals surface area (Å²) in [6.07, 6.45) is 1.82. The van der Waals surface area contributed by atoms with E-state index in [1.807, 2.05) is 68.6 Å². The Balaban J connectivity index is 1.50. The lowest BCUT2D eigenvalue weighted by Gasteiger charge is -2.03. The van der Waals surface area contributed by atoms with E-state index in [4.69, 9.17) is 4.52 Å². The second-order valence-electron chi connectivity index (χ2n) is 6.64. The molecule has 146 valence electrons. The lowest BCUT2D eigenvalue weighted by molar-refractivity contribution is 0.0907. The molecule has 8 heteroatoms. The average molecular weight is 452 g/mol. The zero-order valence-corrected chi connectivity index (χ0v) is 17.5. The maximum Gasteiger partial charge on any atom is 0.316 e. The Hall–Kier alpha value is -3.26. The van der Waals surface area contributed by atoms with E-state index in [1.165, 1.54) is 0 Å². The molecular weight excluding hydrogens is 434 g/mol. The van der Waals surface area contributed by atoms with Crippen LogP contribution in [-0.4, -0.2) is 25.8 Å². The Labute approximate surface area is 175 Å². The van der Waals surface area contributed by atoms with E-state index in [1.54, 1.807) is 4.68 Å². The number of hydrogen-bond donors (Lipinski definition) is 1. The molecular formula is C21H18BrN5O2. The maximum atomic E-state index is 12.4. The number of nitrogens with zero attached hydrogens (tertiary/aromatic N) is 4. The molecule has 2 aromatic heterocycles. The number of benzene rings is 2. The van der Waals surface area contributed by atoms with Crippen molar-refractivity contribution in [3.63, 3.8) is 0 Å². The largest absolute Gasteiger partial charge is 0.344 e. The van der Waals surface area contributed by atoms with Gasteiger partial charge in [0.15, 0.2) is 0 Å². The van der Waals surface area contributed by atoms with Crippen LogP contribution in [0.5, 0.6) is 0 Å². The first-order valence-corrected chi connectivity index (χ1v) is 9.79. The number of carbonyl (C=O) groups is 1. The second-order valence-corrected chi connectivity index (χ2v) is 7.56. The summed E-state index contributed by atoms with van der Waals surface area (Å²) < 4.78 is 7.89. The van der Waals surface area contributed by atoms with Gasteiger partial charge < -0.3 is 9.84 Å². The van der Waals surface area contributed by atoms with Crippen LogP contribution in [0.2, 0.25) is 0 Å². The zero-order chi connectivity index (χ0) is 20.4. The van der Waals surface area contributed by atoms with Gasteiger partial charge in [-0.05, 0) is 43.7 Å². The molecule has 29 heavy (non-hydrogen) atoms. The first kappa shape index (κ1) is 19.1. The molecule has 0 aliphatic carbocycles. The monoisotopic (exact) mass is 451 g/mol. The first-order valence-electron chi connectivity index (χ1n) is 8.99. The molecule has 2 aromatic carbocycles. The highest BCUT2D eigenvalue weighted by Gasteiger charge is 2.19. The van der Waals surface area contributed by atoms with Crippen LogP contribution < -0.4 is 5.32 Å². The molecule has 0 radical (unpaired) electrons. The van der Waals surface area contributed by atoms with Crippen LogP contribution in [0.1, 0.15) is 27.5 Å². The molecule has 0 aliphatic heterocycles. The zero-order valence-electron chi connectivity index (χ0n) is 15.9. The molecule has 4 rings (SSSR count). The minimum atomic E-state index is -0.414. The van der Waals surface area contributed by atoms with Crippen molar-refractivity contribution in [2.45, 2.75) is 20.4 Å². The van der Waals surface area contributed by atoms with Gasteiger partial charge in [-0.1, -0.05) is 50.9 Å². The van der Waals surface area contributed by atoms with Gasteiger partial charge in [0, 0.05) is 17.2 Å². The van der Waals surface area contributed by atoms with Crippen LogP contribution in [0.15, 0.2) is 63.7 Å². The molecule has 0 saturated heterocycles. The normalized spacial score (nSPS) is 10.9. The molecule has 1 amide bonds. The summed E-state index contributed by atoms with van der Waals surface area (Å²) in [5.74, 6) is -0.168. The van der Waals surface area contributed by atoms with Crippen LogP contribution >= 0.6 is 15.9 Å². The third-order valence-corrected chi connectivity index (χ3v) is 4.92. The van der Waals surface area contributed by atoms with Gasteiger partial charge in [-0.25, -0.2) is 4.68 Å². The Morgan fingerprint density at radius 2 is 1.97 bits per heavy atom. The standard InChI is InChI=1S/C21H18BrN5O2/c1-13-4-3-5-15(10-13)11-23-20(28)21-24-19(26-29-21)18-12-27(25-14(18)2)17-8-6-16(22)7-9-17/h3-10,12H,11H2,1-2H3,(H,23,28). The van der Waals surface area contributed by atoms with Gasteiger partial charge >= 0.3 is 11.8 Å². The fourth-order valence-corrected chi connectivity index (χ4v) is 3.18. The molecule has 0 unspecified atom stereocenters. The van der Waals surface area contributed by atoms with Crippen molar-refractivity contribution in [2.75, 3.05) is 0 Å². The summed E-state index contributed by atoms with van der Waals surface area (Å²) in [6, 6.07) is 15.7. The molecule has 0 bridgehead atoms. The second kappa shape index (κ2) is 8.00. The third kappa shape index (κ3) is 4.27. The molecule has 4 aromatic rings. The summed E-state index contributed by atoms with van der Waals surface area (Å²) >= 11 is 3.42. The van der Waals surface area contributed by atoms with Crippen molar-refractivity contribution in [3.8, 4) is 17.1 Å². The van der Waals surface area contributed by atoms with Crippen molar-refractivity contribution in [3.05, 3.63) is 81.9 Å². The Kier molecular flexibility index (Phi) is 5.26. The number of amides is 1. The molecule has 7 nitrogen and oxygen atoms in total. The third-order valence-electron chi connectivity index (χ3n) is 4.39. The Bertz CT molecular complexity index is 1160. The molecule has 2 heterocycles. The number of hydrogen-bond acceptors (Lipinski definition) is 5. The fourth-order valence-electron chi connectivity index (χ4n) is 2.91. The van der Waals surface area contributed by atoms with Gasteiger partial charge in [-0.3, -0.25) is 4.79 Å². The quantitative estimate of drug-likeness (QED) is 0.490. The fraction of sp³-hybridized carbons (Fsp3) is 0.143. The number of aryl methyl sites for hydroxylation is 2. The minimum Gasteiger partial charge on any atom is -0.344 e. The van der Waals surface area contributed by atoms with Gasteiger partial charge in [0.1, 0.15) is 0 Å². The van der Waals surface area contributed by atoms with E-state index in [0.717, 1.165) is 27.0 Å². The van der Waals surface area contributed by atoms with E-state index >= 15 is 0 Å². The van der Waals surface area contributed by atoms with Crippen LogP contribution in [0.25, 0.3) is 17.1 Å². The van der Waals surface area contributed by atoms with Crippen LogP contribution in [0.3, 0.4) is 0 Å². The number of carbonyl (C=O) groups excluding carboxylic acids is 1. The summed E-state index contributed by atoms with van der Waals surface area (Å²) in [5, 5.41) is 11.3. The highest BCUT2D eigenvalue weighted by molar-refractivity contribution is 9.10. The van der Waals surface area contributed by atoms with Crippen LogP contribution in [-0.2, 0) is 6.54 Å². The number of nitrogens with one attached hydrogen (secondary N) is 1. The minimum absolute atomic E-state index is 0.0801. The van der Waals surface area contributed by atoms with Gasteiger partial charge in [-0.15, -0.1) is 0 Å². The van der Waals surface area contributed by atoms with Crippen molar-refractivity contribution in [1.29, 1.82) is 0 Å². The van der Waals surface area contributed by atoms with Gasteiger partial charge in [0.05, 0.1) is 16.9 Å². The van der Waals surface area contributed by atoms with E-state index in [9.17, 15) is 4.79 Å². The van der Waals surface area contributed by atoms with Crippen LogP contribution in [0.4, 0.5) is 0 Å². The molecule has 0 fully saturated rings. The van der Waals surface area contributed by atoms with Crippen LogP contribution in [0, 0.1) is 13.8 Å². The SMILES string of the molecule is Cc1cccc(CNC(=O)c2nc(-c3cn(-c4ccc(Br)cc4)nc3C)no2)c1. The topological polar surface area (TPSA) is 85.8 Å². The maximum absolute atomic E-state index is 12.4. The van der Waals surface area contributed by atoms with E-state index in [-0.39, 0.29) is 5.89 Å². The number of halogens is 1. The summed E-state index contributed by atoms with van der Waals surface area (Å²) in [6.45, 7) is 4.25. The molecule has 0 atom stereocenters. The van der Waals surface area contributed by atoms with Crippen molar-refractivity contribution >= 4 is 21.8 Å². The summed E-state index contributed by atoms with van der Waals surface area (Å²) in [7, 11) is 0. The Morgan fingerprint density at radius 3 is 2.72 bits per heavy atom. The van der Waals surface area contributed by atoms with E-state index in [0.29, 0.717) is 17.9 Å². The van der Waals surface area contributed by atoms with Gasteiger partial charge in [0.2, 0.25) is 5.82 Å². The first-order chi connectivity index (χ1) is 14.0. The molecule has 1 N–H and O–H groups in total. The van der Waals surface area contributed by atoms with E-state index < -0.39 is 5.91 Å². The number of aromatic nitrogens is 4. The average Bonchev–Trinajstić information content (AvgIpc) is 3.33. The van der Waals surface area contributed by atoms with Crippen molar-refractivity contribution in [2.24, 2.45) is 0 Å². The highest BCUT2D eigenvalue weighted by atomic mass is 79.9. The van der Waals surface area contributed by atoms with E-state index in [2.05, 4.69) is 36.5 Å². The molecule has 0 spiro atoms. The summed E-state index contributed by atoms with van der Waals surface area (Å²) in [5.41, 5.74) is 4.48.